The molecule has 0 aliphatic rings. The van der Waals surface area contributed by atoms with Crippen LogP contribution in [0.4, 0.5) is 0 Å². The van der Waals surface area contributed by atoms with Gasteiger partial charge in [0.2, 0.25) is 0 Å². The van der Waals surface area contributed by atoms with Crippen LogP contribution in [0.2, 0.25) is 5.02 Å². The summed E-state index contributed by atoms with van der Waals surface area (Å²) >= 11 is 5.87. The maximum Gasteiger partial charge on any atom is 0.146 e. The lowest BCUT2D eigenvalue weighted by molar-refractivity contribution is 0.132. The largest absolute Gasteiger partial charge is 0.505 e. The van der Waals surface area contributed by atoms with E-state index < -0.39 is 0 Å². The predicted molar refractivity (Wildman–Crippen MR) is 80.4 cm³/mol. The van der Waals surface area contributed by atoms with Crippen LogP contribution in [0.5, 0.6) is 5.75 Å². The van der Waals surface area contributed by atoms with Crippen molar-refractivity contribution in [3.63, 3.8) is 0 Å². The molecule has 5 nitrogen and oxygen atoms in total. The maximum absolute atomic E-state index is 9.92. The summed E-state index contributed by atoms with van der Waals surface area (Å²) in [4.78, 5) is 9.14. The average molecular weight is 307 g/mol. The topological polar surface area (TPSA) is 74.9 Å². The van der Waals surface area contributed by atoms with Gasteiger partial charge in [-0.3, -0.25) is 4.98 Å². The smallest absolute Gasteiger partial charge is 0.146 e. The van der Waals surface area contributed by atoms with E-state index in [2.05, 4.69) is 10.1 Å². The quantitative estimate of drug-likeness (QED) is 0.658. The van der Waals surface area contributed by atoms with Crippen molar-refractivity contribution in [1.82, 2.24) is 4.98 Å². The van der Waals surface area contributed by atoms with E-state index in [9.17, 15) is 10.2 Å². The van der Waals surface area contributed by atoms with Crippen LogP contribution in [0.15, 0.2) is 35.6 Å². The monoisotopic (exact) mass is 306 g/mol. The molecule has 1 aromatic carbocycles. The van der Waals surface area contributed by atoms with Gasteiger partial charge in [0.15, 0.2) is 0 Å². The van der Waals surface area contributed by atoms with Crippen molar-refractivity contribution in [2.45, 2.75) is 20.1 Å². The molecule has 6 heteroatoms. The molecule has 0 aliphatic carbocycles. The third-order valence-corrected chi connectivity index (χ3v) is 3.14. The molecule has 1 heterocycles. The molecular formula is C15H15ClN2O3. The standard InChI is InChI=1S/C15H15ClN2O3/c1-10-15(20)14(12(8-19)6-17-10)7-18-21-9-11-3-2-4-13(16)5-11/h2-7,19-20H,8-9H2,1H3/b18-7+. The molecule has 0 bridgehead atoms. The fourth-order valence-corrected chi connectivity index (χ4v) is 1.96. The van der Waals surface area contributed by atoms with Gasteiger partial charge in [-0.2, -0.15) is 0 Å². The van der Waals surface area contributed by atoms with E-state index in [0.29, 0.717) is 21.8 Å². The lowest BCUT2D eigenvalue weighted by atomic mass is 10.1. The summed E-state index contributed by atoms with van der Waals surface area (Å²) in [6.45, 7) is 1.69. The van der Waals surface area contributed by atoms with E-state index in [4.69, 9.17) is 16.4 Å². The maximum atomic E-state index is 9.92. The van der Waals surface area contributed by atoms with Crippen LogP contribution in [0.25, 0.3) is 0 Å². The number of nitrogens with zero attached hydrogens (tertiary/aromatic N) is 2. The first kappa shape index (κ1) is 15.3. The summed E-state index contributed by atoms with van der Waals surface area (Å²) in [6.07, 6.45) is 2.85. The lowest BCUT2D eigenvalue weighted by Crippen LogP contribution is -1.98. The Morgan fingerprint density at radius 1 is 1.43 bits per heavy atom. The fraction of sp³-hybridized carbons (Fsp3) is 0.200. The second-order valence-electron chi connectivity index (χ2n) is 4.43. The van der Waals surface area contributed by atoms with Crippen molar-refractivity contribution in [1.29, 1.82) is 0 Å². The van der Waals surface area contributed by atoms with Gasteiger partial charge in [0.1, 0.15) is 12.4 Å². The van der Waals surface area contributed by atoms with Crippen LogP contribution in [0.1, 0.15) is 22.4 Å². The minimum absolute atomic E-state index is 0.0170. The molecule has 0 unspecified atom stereocenters. The van der Waals surface area contributed by atoms with E-state index in [-0.39, 0.29) is 19.0 Å². The molecule has 21 heavy (non-hydrogen) atoms. The molecule has 0 fully saturated rings. The van der Waals surface area contributed by atoms with Gasteiger partial charge >= 0.3 is 0 Å². The number of pyridine rings is 1. The summed E-state index contributed by atoms with van der Waals surface area (Å²) in [5, 5.41) is 23.6. The Morgan fingerprint density at radius 2 is 2.24 bits per heavy atom. The highest BCUT2D eigenvalue weighted by Gasteiger charge is 2.09. The first-order valence-corrected chi connectivity index (χ1v) is 6.67. The Kier molecular flexibility index (Phi) is 5.14. The SMILES string of the molecule is Cc1ncc(CO)c(/C=N/OCc2cccc(Cl)c2)c1O. The van der Waals surface area contributed by atoms with Crippen LogP contribution >= 0.6 is 11.6 Å². The highest BCUT2D eigenvalue weighted by molar-refractivity contribution is 6.30. The number of hydrogen-bond acceptors (Lipinski definition) is 5. The molecule has 0 saturated heterocycles. The molecule has 0 atom stereocenters. The molecule has 0 saturated carbocycles. The molecule has 0 radical (unpaired) electrons. The Labute approximate surface area is 127 Å². The Morgan fingerprint density at radius 3 is 2.95 bits per heavy atom. The second-order valence-corrected chi connectivity index (χ2v) is 4.86. The molecule has 1 aromatic heterocycles. The molecule has 0 aliphatic heterocycles. The van der Waals surface area contributed by atoms with Gasteiger partial charge in [0.25, 0.3) is 0 Å². The Hall–Kier alpha value is -2.11. The van der Waals surface area contributed by atoms with Gasteiger partial charge in [-0.1, -0.05) is 28.9 Å². The molecule has 2 aromatic rings. The van der Waals surface area contributed by atoms with Crippen molar-refractivity contribution in [2.24, 2.45) is 5.16 Å². The van der Waals surface area contributed by atoms with E-state index in [1.807, 2.05) is 12.1 Å². The van der Waals surface area contributed by atoms with Gasteiger partial charge in [0.05, 0.1) is 18.5 Å². The molecular weight excluding hydrogens is 292 g/mol. The molecule has 0 amide bonds. The zero-order valence-corrected chi connectivity index (χ0v) is 12.2. The van der Waals surface area contributed by atoms with E-state index >= 15 is 0 Å². The Balaban J connectivity index is 2.06. The fourth-order valence-electron chi connectivity index (χ4n) is 1.75. The highest BCUT2D eigenvalue weighted by atomic mass is 35.5. The third kappa shape index (κ3) is 3.93. The highest BCUT2D eigenvalue weighted by Crippen LogP contribution is 2.22. The van der Waals surface area contributed by atoms with Gasteiger partial charge in [0, 0.05) is 22.3 Å². The third-order valence-electron chi connectivity index (χ3n) is 2.90. The van der Waals surface area contributed by atoms with Crippen molar-refractivity contribution in [3.8, 4) is 5.75 Å². The van der Waals surface area contributed by atoms with Crippen LogP contribution in [-0.2, 0) is 18.1 Å². The van der Waals surface area contributed by atoms with Crippen LogP contribution in [0.3, 0.4) is 0 Å². The van der Waals surface area contributed by atoms with Crippen molar-refractivity contribution in [3.05, 3.63) is 57.9 Å². The van der Waals surface area contributed by atoms with Gasteiger partial charge < -0.3 is 15.1 Å². The molecule has 2 rings (SSSR count). The molecule has 2 N–H and O–H groups in total. The van der Waals surface area contributed by atoms with Crippen LogP contribution < -0.4 is 0 Å². The minimum atomic E-state index is -0.240. The van der Waals surface area contributed by atoms with Crippen molar-refractivity contribution < 1.29 is 15.1 Å². The first-order valence-electron chi connectivity index (χ1n) is 6.30. The van der Waals surface area contributed by atoms with Gasteiger partial charge in [-0.05, 0) is 24.6 Å². The summed E-state index contributed by atoms with van der Waals surface area (Å²) in [7, 11) is 0. The van der Waals surface area contributed by atoms with E-state index in [0.717, 1.165) is 5.56 Å². The number of aromatic hydroxyl groups is 1. The van der Waals surface area contributed by atoms with Crippen molar-refractivity contribution in [2.75, 3.05) is 0 Å². The number of aromatic nitrogens is 1. The average Bonchev–Trinajstić information content (AvgIpc) is 2.48. The normalized spacial score (nSPS) is 11.0. The predicted octanol–water partition coefficient (Wildman–Crippen LogP) is 2.79. The summed E-state index contributed by atoms with van der Waals surface area (Å²) in [5.74, 6) is -0.0170. The van der Waals surface area contributed by atoms with E-state index in [1.165, 1.54) is 12.4 Å². The zero-order chi connectivity index (χ0) is 15.2. The van der Waals surface area contributed by atoms with E-state index in [1.54, 1.807) is 19.1 Å². The first-order chi connectivity index (χ1) is 10.1. The molecule has 0 spiro atoms. The number of rotatable bonds is 5. The van der Waals surface area contributed by atoms with Gasteiger partial charge in [-0.15, -0.1) is 0 Å². The number of hydrogen-bond donors (Lipinski definition) is 2. The number of oxime groups is 1. The number of benzene rings is 1. The van der Waals surface area contributed by atoms with Crippen LogP contribution in [-0.4, -0.2) is 21.4 Å². The number of aliphatic hydroxyl groups excluding tert-OH is 1. The zero-order valence-electron chi connectivity index (χ0n) is 11.5. The minimum Gasteiger partial charge on any atom is -0.505 e. The second kappa shape index (κ2) is 7.06. The number of aliphatic hydroxyl groups is 1. The number of aryl methyl sites for hydroxylation is 1. The van der Waals surface area contributed by atoms with Crippen LogP contribution in [0, 0.1) is 6.92 Å². The lowest BCUT2D eigenvalue weighted by Gasteiger charge is -2.07. The summed E-state index contributed by atoms with van der Waals surface area (Å²) in [6, 6.07) is 7.26. The molecule has 110 valence electrons. The Bertz CT molecular complexity index is 659. The summed E-state index contributed by atoms with van der Waals surface area (Å²) in [5.41, 5.74) is 2.23. The summed E-state index contributed by atoms with van der Waals surface area (Å²) < 4.78 is 0. The van der Waals surface area contributed by atoms with Crippen molar-refractivity contribution >= 4 is 17.8 Å². The number of halogens is 1. The van der Waals surface area contributed by atoms with Gasteiger partial charge in [-0.25, -0.2) is 0 Å².